The SMILES string of the molecule is O=C(NC[C@H]1COc2ccccc2O1)N1CCN(c2ccc([N+](=O)[O-])cc2)CC1. The molecule has 2 amide bonds. The van der Waals surface area contributed by atoms with Crippen LogP contribution in [-0.4, -0.2) is 61.3 Å². The van der Waals surface area contributed by atoms with Crippen LogP contribution in [-0.2, 0) is 0 Å². The van der Waals surface area contributed by atoms with E-state index >= 15 is 0 Å². The molecule has 4 rings (SSSR count). The highest BCUT2D eigenvalue weighted by Gasteiger charge is 2.24. The van der Waals surface area contributed by atoms with Crippen molar-refractivity contribution in [3.05, 3.63) is 58.6 Å². The maximum absolute atomic E-state index is 12.5. The number of ether oxygens (including phenoxy) is 2. The lowest BCUT2D eigenvalue weighted by Gasteiger charge is -2.36. The number of carbonyl (C=O) groups is 1. The van der Waals surface area contributed by atoms with Gasteiger partial charge in [0.25, 0.3) is 5.69 Å². The highest BCUT2D eigenvalue weighted by Crippen LogP contribution is 2.30. The Morgan fingerprint density at radius 3 is 2.45 bits per heavy atom. The molecule has 9 heteroatoms. The molecular weight excluding hydrogens is 376 g/mol. The van der Waals surface area contributed by atoms with Gasteiger partial charge in [-0.05, 0) is 24.3 Å². The van der Waals surface area contributed by atoms with E-state index in [4.69, 9.17) is 9.47 Å². The first-order valence-corrected chi connectivity index (χ1v) is 9.51. The Labute approximate surface area is 168 Å². The first kappa shape index (κ1) is 18.9. The predicted molar refractivity (Wildman–Crippen MR) is 107 cm³/mol. The van der Waals surface area contributed by atoms with Gasteiger partial charge in [0.1, 0.15) is 6.61 Å². The van der Waals surface area contributed by atoms with Crippen molar-refractivity contribution in [2.45, 2.75) is 6.10 Å². The molecule has 0 saturated carbocycles. The van der Waals surface area contributed by atoms with Crippen LogP contribution in [0.4, 0.5) is 16.2 Å². The van der Waals surface area contributed by atoms with Gasteiger partial charge in [0.05, 0.1) is 11.5 Å². The molecule has 1 N–H and O–H groups in total. The predicted octanol–water partition coefficient (Wildman–Crippen LogP) is 2.27. The molecule has 1 fully saturated rings. The first-order valence-electron chi connectivity index (χ1n) is 9.51. The number of amides is 2. The second kappa shape index (κ2) is 8.26. The zero-order valence-electron chi connectivity index (χ0n) is 15.8. The Morgan fingerprint density at radius 1 is 1.07 bits per heavy atom. The van der Waals surface area contributed by atoms with Crippen molar-refractivity contribution in [3.63, 3.8) is 0 Å². The molecule has 1 saturated heterocycles. The van der Waals surface area contributed by atoms with Gasteiger partial charge in [-0.15, -0.1) is 0 Å². The number of hydrogen-bond acceptors (Lipinski definition) is 6. The number of non-ortho nitro benzene ring substituents is 1. The molecule has 2 aromatic carbocycles. The van der Waals surface area contributed by atoms with Crippen LogP contribution in [0.15, 0.2) is 48.5 Å². The minimum absolute atomic E-state index is 0.0725. The van der Waals surface area contributed by atoms with Crippen molar-refractivity contribution in [1.29, 1.82) is 0 Å². The van der Waals surface area contributed by atoms with Crippen LogP contribution >= 0.6 is 0 Å². The Hall–Kier alpha value is -3.49. The number of nitro groups is 1. The van der Waals surface area contributed by atoms with E-state index in [1.807, 2.05) is 24.3 Å². The summed E-state index contributed by atoms with van der Waals surface area (Å²) in [4.78, 5) is 26.7. The third kappa shape index (κ3) is 4.34. The Bertz CT molecular complexity index is 881. The molecular formula is C20H22N4O5. The first-order chi connectivity index (χ1) is 14.1. The van der Waals surface area contributed by atoms with Gasteiger partial charge >= 0.3 is 6.03 Å². The number of rotatable bonds is 4. The number of anilines is 1. The Kier molecular flexibility index (Phi) is 5.37. The summed E-state index contributed by atoms with van der Waals surface area (Å²) in [6, 6.07) is 13.8. The molecule has 1 atom stereocenters. The highest BCUT2D eigenvalue weighted by atomic mass is 16.6. The number of carbonyl (C=O) groups excluding carboxylic acids is 1. The molecule has 0 radical (unpaired) electrons. The van der Waals surface area contributed by atoms with Gasteiger partial charge in [-0.2, -0.15) is 0 Å². The number of benzene rings is 2. The monoisotopic (exact) mass is 398 g/mol. The molecule has 0 spiro atoms. The summed E-state index contributed by atoms with van der Waals surface area (Å²) in [7, 11) is 0. The largest absolute Gasteiger partial charge is 0.486 e. The number of fused-ring (bicyclic) bond motifs is 1. The minimum Gasteiger partial charge on any atom is -0.486 e. The van der Waals surface area contributed by atoms with E-state index in [1.54, 1.807) is 17.0 Å². The van der Waals surface area contributed by atoms with Crippen molar-refractivity contribution in [3.8, 4) is 11.5 Å². The number of nitrogens with zero attached hydrogens (tertiary/aromatic N) is 3. The van der Waals surface area contributed by atoms with Crippen molar-refractivity contribution < 1.29 is 19.2 Å². The number of para-hydroxylation sites is 2. The van der Waals surface area contributed by atoms with E-state index in [0.717, 1.165) is 11.4 Å². The number of urea groups is 1. The molecule has 2 aromatic rings. The summed E-state index contributed by atoms with van der Waals surface area (Å²) >= 11 is 0. The second-order valence-corrected chi connectivity index (χ2v) is 6.93. The average Bonchev–Trinajstić information content (AvgIpc) is 2.77. The maximum Gasteiger partial charge on any atom is 0.317 e. The molecule has 0 aliphatic carbocycles. The van der Waals surface area contributed by atoms with Crippen LogP contribution < -0.4 is 19.7 Å². The van der Waals surface area contributed by atoms with Crippen molar-refractivity contribution >= 4 is 17.4 Å². The van der Waals surface area contributed by atoms with E-state index in [9.17, 15) is 14.9 Å². The molecule has 2 heterocycles. The molecule has 0 bridgehead atoms. The summed E-state index contributed by atoms with van der Waals surface area (Å²) in [5.41, 5.74) is 0.991. The summed E-state index contributed by atoms with van der Waals surface area (Å²) in [6.07, 6.45) is -0.227. The Balaban J connectivity index is 1.24. The third-order valence-electron chi connectivity index (χ3n) is 5.04. The normalized spacial score (nSPS) is 18.3. The number of nitro benzene ring substituents is 1. The quantitative estimate of drug-likeness (QED) is 0.627. The van der Waals surface area contributed by atoms with Gasteiger partial charge in [0, 0.05) is 44.0 Å². The van der Waals surface area contributed by atoms with Crippen LogP contribution in [0.1, 0.15) is 0 Å². The van der Waals surface area contributed by atoms with Crippen LogP contribution in [0.25, 0.3) is 0 Å². The molecule has 9 nitrogen and oxygen atoms in total. The minimum atomic E-state index is -0.411. The molecule has 2 aliphatic rings. The van der Waals surface area contributed by atoms with Gasteiger partial charge in [-0.3, -0.25) is 10.1 Å². The fourth-order valence-corrected chi connectivity index (χ4v) is 3.43. The topological polar surface area (TPSA) is 97.2 Å². The van der Waals surface area contributed by atoms with Crippen LogP contribution in [0.3, 0.4) is 0 Å². The Morgan fingerprint density at radius 2 is 1.76 bits per heavy atom. The molecule has 2 aliphatic heterocycles. The lowest BCUT2D eigenvalue weighted by atomic mass is 10.2. The molecule has 0 unspecified atom stereocenters. The molecule has 152 valence electrons. The van der Waals surface area contributed by atoms with Gasteiger partial charge in [0.2, 0.25) is 0 Å². The lowest BCUT2D eigenvalue weighted by Crippen LogP contribution is -2.53. The lowest BCUT2D eigenvalue weighted by molar-refractivity contribution is -0.384. The standard InChI is InChI=1S/C20H22N4O5/c25-20(21-13-17-14-28-18-3-1-2-4-19(18)29-17)23-11-9-22(10-12-23)15-5-7-16(8-6-15)24(26)27/h1-8,17H,9-14H2,(H,21,25)/t17-/m0/s1. The van der Waals surface area contributed by atoms with Gasteiger partial charge in [-0.25, -0.2) is 4.79 Å². The van der Waals surface area contributed by atoms with E-state index in [2.05, 4.69) is 10.2 Å². The van der Waals surface area contributed by atoms with Crippen LogP contribution in [0.2, 0.25) is 0 Å². The third-order valence-corrected chi connectivity index (χ3v) is 5.04. The number of piperazine rings is 1. The maximum atomic E-state index is 12.5. The second-order valence-electron chi connectivity index (χ2n) is 6.93. The summed E-state index contributed by atoms with van der Waals surface area (Å²) in [5, 5.41) is 13.7. The summed E-state index contributed by atoms with van der Waals surface area (Å²) < 4.78 is 11.5. The van der Waals surface area contributed by atoms with Crippen molar-refractivity contribution in [2.75, 3.05) is 44.2 Å². The van der Waals surface area contributed by atoms with E-state index in [1.165, 1.54) is 12.1 Å². The average molecular weight is 398 g/mol. The van der Waals surface area contributed by atoms with E-state index < -0.39 is 4.92 Å². The van der Waals surface area contributed by atoms with Crippen molar-refractivity contribution in [2.24, 2.45) is 0 Å². The summed E-state index contributed by atoms with van der Waals surface area (Å²) in [5.74, 6) is 1.41. The molecule has 0 aromatic heterocycles. The van der Waals surface area contributed by atoms with E-state index in [0.29, 0.717) is 45.1 Å². The zero-order valence-corrected chi connectivity index (χ0v) is 15.8. The summed E-state index contributed by atoms with van der Waals surface area (Å²) in [6.45, 7) is 3.26. The van der Waals surface area contributed by atoms with Gasteiger partial charge in [-0.1, -0.05) is 12.1 Å². The van der Waals surface area contributed by atoms with Crippen LogP contribution in [0, 0.1) is 10.1 Å². The van der Waals surface area contributed by atoms with Crippen LogP contribution in [0.5, 0.6) is 11.5 Å². The molecule has 29 heavy (non-hydrogen) atoms. The number of hydrogen-bond donors (Lipinski definition) is 1. The van der Waals surface area contributed by atoms with Gasteiger partial charge < -0.3 is 24.6 Å². The van der Waals surface area contributed by atoms with E-state index in [-0.39, 0.29) is 17.8 Å². The zero-order chi connectivity index (χ0) is 20.2. The smallest absolute Gasteiger partial charge is 0.317 e. The number of nitrogens with one attached hydrogen (secondary N) is 1. The highest BCUT2D eigenvalue weighted by molar-refractivity contribution is 5.74. The fraction of sp³-hybridized carbons (Fsp3) is 0.350. The fourth-order valence-electron chi connectivity index (χ4n) is 3.43. The van der Waals surface area contributed by atoms with Gasteiger partial charge in [0.15, 0.2) is 17.6 Å². The van der Waals surface area contributed by atoms with Crippen molar-refractivity contribution in [1.82, 2.24) is 10.2 Å².